The first-order valence-corrected chi connectivity index (χ1v) is 6.99. The Balaban J connectivity index is 2.19. The van der Waals surface area contributed by atoms with E-state index in [2.05, 4.69) is 60.6 Å². The van der Waals surface area contributed by atoms with Gasteiger partial charge in [-0.15, -0.1) is 11.8 Å². The minimum absolute atomic E-state index is 0.334. The number of nitrogens with one attached hydrogen (secondary N) is 1. The number of anilines is 2. The maximum absolute atomic E-state index is 3.60. The third-order valence-corrected chi connectivity index (χ3v) is 4.30. The number of hydrogen-bond donors (Lipinski definition) is 1. The fraction of sp³-hybridized carbons (Fsp3) is 0.286. The molecule has 0 aliphatic carbocycles. The van der Waals surface area contributed by atoms with Crippen molar-refractivity contribution in [2.75, 3.05) is 23.0 Å². The van der Waals surface area contributed by atoms with Gasteiger partial charge in [-0.1, -0.05) is 31.2 Å². The lowest BCUT2D eigenvalue weighted by Crippen LogP contribution is -2.38. The van der Waals surface area contributed by atoms with Crippen LogP contribution in [-0.2, 0) is 0 Å². The molecule has 0 spiro atoms. The zero-order valence-electron chi connectivity index (χ0n) is 10.1. The predicted molar refractivity (Wildman–Crippen MR) is 77.9 cm³/mol. The van der Waals surface area contributed by atoms with Crippen molar-refractivity contribution in [3.8, 4) is 0 Å². The number of hydrogen-bond acceptors (Lipinski definition) is 3. The topological polar surface area (TPSA) is 15.3 Å². The highest BCUT2D eigenvalue weighted by molar-refractivity contribution is 8.00. The number of nitrogens with zero attached hydrogens (tertiary/aromatic N) is 1. The second kappa shape index (κ2) is 4.15. The van der Waals surface area contributed by atoms with Crippen LogP contribution in [0.3, 0.4) is 0 Å². The van der Waals surface area contributed by atoms with Crippen molar-refractivity contribution in [3.63, 3.8) is 0 Å². The Morgan fingerprint density at radius 1 is 1.24 bits per heavy atom. The quantitative estimate of drug-likeness (QED) is 0.866. The van der Waals surface area contributed by atoms with E-state index < -0.39 is 0 Å². The zero-order valence-corrected chi connectivity index (χ0v) is 10.9. The van der Waals surface area contributed by atoms with Gasteiger partial charge in [0.2, 0.25) is 0 Å². The van der Waals surface area contributed by atoms with Gasteiger partial charge in [0.05, 0.1) is 0 Å². The van der Waals surface area contributed by atoms with E-state index in [1.807, 2.05) is 11.8 Å². The first-order valence-electron chi connectivity index (χ1n) is 5.94. The van der Waals surface area contributed by atoms with Gasteiger partial charge in [-0.3, -0.25) is 0 Å². The Kier molecular flexibility index (Phi) is 2.63. The van der Waals surface area contributed by atoms with Crippen molar-refractivity contribution < 1.29 is 0 Å². The third kappa shape index (κ3) is 1.65. The molecular formula is C14H16N2S. The first kappa shape index (κ1) is 10.8. The Morgan fingerprint density at radius 2 is 2.00 bits per heavy atom. The van der Waals surface area contributed by atoms with Crippen LogP contribution in [0.1, 0.15) is 6.92 Å². The third-order valence-electron chi connectivity index (χ3n) is 3.22. The van der Waals surface area contributed by atoms with Gasteiger partial charge in [-0.2, -0.15) is 0 Å². The standard InChI is InChI=1S/C14H16N2S/c1-3-17-14-15-11-8-4-6-10-7-5-9-12(13(10)11)16(14)2/h4-9,14-15H,3H2,1-2H3. The van der Waals surface area contributed by atoms with Crippen molar-refractivity contribution in [3.05, 3.63) is 36.4 Å². The maximum atomic E-state index is 3.60. The lowest BCUT2D eigenvalue weighted by atomic mass is 10.0. The van der Waals surface area contributed by atoms with Crippen molar-refractivity contribution in [1.29, 1.82) is 0 Å². The molecule has 1 heterocycles. The summed E-state index contributed by atoms with van der Waals surface area (Å²) >= 11 is 1.92. The van der Waals surface area contributed by atoms with Crippen LogP contribution < -0.4 is 10.2 Å². The normalized spacial score (nSPS) is 18.2. The lowest BCUT2D eigenvalue weighted by molar-refractivity contribution is 0.914. The molecule has 2 nitrogen and oxygen atoms in total. The Hall–Kier alpha value is -1.35. The maximum Gasteiger partial charge on any atom is 0.148 e. The molecule has 0 radical (unpaired) electrons. The molecule has 0 bridgehead atoms. The second-order valence-corrected chi connectivity index (χ2v) is 5.60. The summed E-state index contributed by atoms with van der Waals surface area (Å²) in [5, 5.41) is 6.24. The largest absolute Gasteiger partial charge is 0.356 e. The van der Waals surface area contributed by atoms with E-state index in [4.69, 9.17) is 0 Å². The van der Waals surface area contributed by atoms with Gasteiger partial charge in [0.25, 0.3) is 0 Å². The van der Waals surface area contributed by atoms with Crippen molar-refractivity contribution >= 4 is 33.9 Å². The molecule has 88 valence electrons. The molecule has 1 atom stereocenters. The summed E-state index contributed by atoms with van der Waals surface area (Å²) in [4.78, 5) is 2.32. The van der Waals surface area contributed by atoms with Crippen LogP contribution in [0.4, 0.5) is 11.4 Å². The number of thioether (sulfide) groups is 1. The van der Waals surface area contributed by atoms with E-state index in [1.54, 1.807) is 0 Å². The average Bonchev–Trinajstić information content (AvgIpc) is 2.36. The molecule has 2 aromatic rings. The average molecular weight is 244 g/mol. The van der Waals surface area contributed by atoms with Gasteiger partial charge in [0, 0.05) is 23.8 Å². The van der Waals surface area contributed by atoms with Crippen LogP contribution in [-0.4, -0.2) is 18.3 Å². The van der Waals surface area contributed by atoms with Crippen LogP contribution in [0.15, 0.2) is 36.4 Å². The van der Waals surface area contributed by atoms with Gasteiger partial charge in [0.15, 0.2) is 0 Å². The first-order chi connectivity index (χ1) is 8.31. The summed E-state index contributed by atoms with van der Waals surface area (Å²) in [5.74, 6) is 1.11. The van der Waals surface area contributed by atoms with E-state index in [0.29, 0.717) is 5.50 Å². The molecule has 0 aromatic heterocycles. The highest BCUT2D eigenvalue weighted by Crippen LogP contribution is 2.39. The van der Waals surface area contributed by atoms with Gasteiger partial charge in [-0.05, 0) is 23.3 Å². The molecule has 0 amide bonds. The molecular weight excluding hydrogens is 228 g/mol. The summed E-state index contributed by atoms with van der Waals surface area (Å²) in [6.45, 7) is 2.20. The van der Waals surface area contributed by atoms with Crippen LogP contribution in [0.5, 0.6) is 0 Å². The van der Waals surface area contributed by atoms with Crippen LogP contribution in [0, 0.1) is 0 Å². The molecule has 1 aliphatic rings. The van der Waals surface area contributed by atoms with E-state index in [-0.39, 0.29) is 0 Å². The van der Waals surface area contributed by atoms with Gasteiger partial charge in [0.1, 0.15) is 5.50 Å². The molecule has 1 unspecified atom stereocenters. The number of benzene rings is 2. The smallest absolute Gasteiger partial charge is 0.148 e. The Bertz CT molecular complexity index is 548. The minimum Gasteiger partial charge on any atom is -0.356 e. The summed E-state index contributed by atoms with van der Waals surface area (Å²) in [6, 6.07) is 13.0. The minimum atomic E-state index is 0.334. The van der Waals surface area contributed by atoms with Crippen LogP contribution >= 0.6 is 11.8 Å². The Labute approximate surface area is 106 Å². The molecule has 1 N–H and O–H groups in total. The lowest BCUT2D eigenvalue weighted by Gasteiger charge is -2.36. The molecule has 17 heavy (non-hydrogen) atoms. The van der Waals surface area contributed by atoms with Gasteiger partial charge < -0.3 is 10.2 Å². The van der Waals surface area contributed by atoms with E-state index in [1.165, 1.54) is 22.1 Å². The molecule has 3 heteroatoms. The zero-order chi connectivity index (χ0) is 11.8. The second-order valence-electron chi connectivity index (χ2n) is 4.24. The Morgan fingerprint density at radius 3 is 2.76 bits per heavy atom. The van der Waals surface area contributed by atoms with Crippen molar-refractivity contribution in [2.45, 2.75) is 12.4 Å². The number of rotatable bonds is 2. The van der Waals surface area contributed by atoms with Crippen molar-refractivity contribution in [1.82, 2.24) is 0 Å². The van der Waals surface area contributed by atoms with E-state index in [0.717, 1.165) is 5.75 Å². The molecule has 0 saturated carbocycles. The summed E-state index contributed by atoms with van der Waals surface area (Å²) < 4.78 is 0. The summed E-state index contributed by atoms with van der Waals surface area (Å²) in [5.41, 5.74) is 2.91. The summed E-state index contributed by atoms with van der Waals surface area (Å²) in [6.07, 6.45) is 0. The van der Waals surface area contributed by atoms with E-state index >= 15 is 0 Å². The van der Waals surface area contributed by atoms with Crippen LogP contribution in [0.25, 0.3) is 10.8 Å². The van der Waals surface area contributed by atoms with Gasteiger partial charge in [-0.25, -0.2) is 0 Å². The SMILES string of the molecule is CCSC1Nc2cccc3cccc(c23)N1C. The van der Waals surface area contributed by atoms with Gasteiger partial charge >= 0.3 is 0 Å². The summed E-state index contributed by atoms with van der Waals surface area (Å²) in [7, 11) is 2.16. The molecule has 2 aromatic carbocycles. The van der Waals surface area contributed by atoms with Crippen molar-refractivity contribution in [2.24, 2.45) is 0 Å². The fourth-order valence-electron chi connectivity index (χ4n) is 2.40. The van der Waals surface area contributed by atoms with Crippen LogP contribution in [0.2, 0.25) is 0 Å². The molecule has 0 saturated heterocycles. The highest BCUT2D eigenvalue weighted by atomic mass is 32.2. The molecule has 1 aliphatic heterocycles. The molecule has 3 rings (SSSR count). The fourth-order valence-corrected chi connectivity index (χ4v) is 3.27. The monoisotopic (exact) mass is 244 g/mol. The highest BCUT2D eigenvalue weighted by Gasteiger charge is 2.23. The molecule has 0 fully saturated rings. The predicted octanol–water partition coefficient (Wildman–Crippen LogP) is 3.74. The van der Waals surface area contributed by atoms with E-state index in [9.17, 15) is 0 Å².